The fourth-order valence-electron chi connectivity index (χ4n) is 2.92. The lowest BCUT2D eigenvalue weighted by molar-refractivity contribution is 0.163. The topological polar surface area (TPSA) is 79.5 Å². The maximum absolute atomic E-state index is 12.9. The van der Waals surface area contributed by atoms with Gasteiger partial charge in [-0.1, -0.05) is 41.7 Å². The molecule has 0 atom stereocenters. The largest absolute Gasteiger partial charge is 0.338 e. The molecule has 0 saturated carbocycles. The molecule has 3 rings (SSSR count). The Balaban J connectivity index is 1.60. The van der Waals surface area contributed by atoms with Gasteiger partial charge in [-0.25, -0.2) is 8.42 Å². The third kappa shape index (κ3) is 5.00. The third-order valence-corrected chi connectivity index (χ3v) is 7.08. The van der Waals surface area contributed by atoms with Crippen molar-refractivity contribution in [3.63, 3.8) is 0 Å². The van der Waals surface area contributed by atoms with Crippen LogP contribution in [0.4, 0.5) is 0 Å². The first kappa shape index (κ1) is 20.5. The summed E-state index contributed by atoms with van der Waals surface area (Å²) in [6, 6.07) is 4.46. The van der Waals surface area contributed by atoms with Gasteiger partial charge in [0.05, 0.1) is 11.6 Å². The van der Waals surface area contributed by atoms with Gasteiger partial charge in [-0.05, 0) is 24.6 Å². The first-order valence-corrected chi connectivity index (χ1v) is 11.1. The number of hydrogen-bond acceptors (Lipinski definition) is 6. The molecule has 27 heavy (non-hydrogen) atoms. The SMILES string of the molecule is CCCCc1noc(CN2CCN(S(=O)(=O)c3cc(Cl)ccc3Cl)CC2)n1. The molecule has 1 aliphatic rings. The predicted molar refractivity (Wildman–Crippen MR) is 103 cm³/mol. The Labute approximate surface area is 169 Å². The fourth-order valence-corrected chi connectivity index (χ4v) is 5.08. The molecular weight excluding hydrogens is 411 g/mol. The number of aryl methyl sites for hydroxylation is 1. The molecule has 10 heteroatoms. The van der Waals surface area contributed by atoms with Crippen LogP contribution in [0.2, 0.25) is 10.0 Å². The van der Waals surface area contributed by atoms with Crippen LogP contribution < -0.4 is 0 Å². The lowest BCUT2D eigenvalue weighted by Gasteiger charge is -2.33. The third-order valence-electron chi connectivity index (χ3n) is 4.47. The standard InChI is InChI=1S/C17H22Cl2N4O3S/c1-2-3-4-16-20-17(26-21-16)12-22-7-9-23(10-8-22)27(24,25)15-11-13(18)5-6-14(15)19/h5-6,11H,2-4,7-10,12H2,1H3. The van der Waals surface area contributed by atoms with E-state index in [1.807, 2.05) is 0 Å². The summed E-state index contributed by atoms with van der Waals surface area (Å²) in [6.45, 7) is 4.51. The molecule has 7 nitrogen and oxygen atoms in total. The number of hydrogen-bond donors (Lipinski definition) is 0. The van der Waals surface area contributed by atoms with E-state index in [0.29, 0.717) is 43.6 Å². The molecule has 1 fully saturated rings. The van der Waals surface area contributed by atoms with Crippen molar-refractivity contribution in [3.8, 4) is 0 Å². The van der Waals surface area contributed by atoms with Gasteiger partial charge in [0, 0.05) is 37.6 Å². The minimum absolute atomic E-state index is 0.0441. The van der Waals surface area contributed by atoms with Gasteiger partial charge >= 0.3 is 0 Å². The highest BCUT2D eigenvalue weighted by molar-refractivity contribution is 7.89. The van der Waals surface area contributed by atoms with Gasteiger partial charge in [-0.15, -0.1) is 0 Å². The van der Waals surface area contributed by atoms with Crippen molar-refractivity contribution >= 4 is 33.2 Å². The number of rotatable bonds is 7. The van der Waals surface area contributed by atoms with Gasteiger partial charge in [0.15, 0.2) is 5.82 Å². The van der Waals surface area contributed by atoms with Gasteiger partial charge in [-0.2, -0.15) is 9.29 Å². The molecule has 2 heterocycles. The first-order valence-electron chi connectivity index (χ1n) is 8.89. The summed E-state index contributed by atoms with van der Waals surface area (Å²) in [5.74, 6) is 1.29. The molecule has 0 spiro atoms. The minimum Gasteiger partial charge on any atom is -0.338 e. The molecule has 0 amide bonds. The molecule has 0 unspecified atom stereocenters. The second-order valence-corrected chi connectivity index (χ2v) is 9.21. The minimum atomic E-state index is -3.68. The Hall–Kier alpha value is -1.19. The number of nitrogens with zero attached hydrogens (tertiary/aromatic N) is 4. The van der Waals surface area contributed by atoms with Gasteiger partial charge in [-0.3, -0.25) is 4.90 Å². The maximum atomic E-state index is 12.9. The molecule has 2 aromatic rings. The van der Waals surface area contributed by atoms with Crippen molar-refractivity contribution in [1.29, 1.82) is 0 Å². The molecule has 1 aromatic heterocycles. The van der Waals surface area contributed by atoms with Crippen LogP contribution in [0.15, 0.2) is 27.6 Å². The summed E-state index contributed by atoms with van der Waals surface area (Å²) in [6.07, 6.45) is 2.92. The lowest BCUT2D eigenvalue weighted by atomic mass is 10.2. The van der Waals surface area contributed by atoms with Crippen LogP contribution in [0.3, 0.4) is 0 Å². The van der Waals surface area contributed by atoms with E-state index in [1.54, 1.807) is 6.07 Å². The van der Waals surface area contributed by atoms with Crippen LogP contribution in [0, 0.1) is 0 Å². The van der Waals surface area contributed by atoms with E-state index in [9.17, 15) is 8.42 Å². The zero-order valence-electron chi connectivity index (χ0n) is 15.1. The number of halogens is 2. The second kappa shape index (κ2) is 8.87. The summed E-state index contributed by atoms with van der Waals surface area (Å²) < 4.78 is 32.4. The Morgan fingerprint density at radius 3 is 2.63 bits per heavy atom. The van der Waals surface area contributed by atoms with Crippen LogP contribution in [0.25, 0.3) is 0 Å². The lowest BCUT2D eigenvalue weighted by Crippen LogP contribution is -2.48. The van der Waals surface area contributed by atoms with E-state index < -0.39 is 10.0 Å². The van der Waals surface area contributed by atoms with Crippen LogP contribution in [-0.4, -0.2) is 53.9 Å². The maximum Gasteiger partial charge on any atom is 0.244 e. The smallest absolute Gasteiger partial charge is 0.244 e. The average molecular weight is 433 g/mol. The van der Waals surface area contributed by atoms with Crippen LogP contribution in [0.1, 0.15) is 31.5 Å². The van der Waals surface area contributed by atoms with E-state index in [-0.39, 0.29) is 9.92 Å². The van der Waals surface area contributed by atoms with E-state index in [0.717, 1.165) is 25.1 Å². The summed E-state index contributed by atoms with van der Waals surface area (Å²) in [5, 5.41) is 4.50. The fraction of sp³-hybridized carbons (Fsp3) is 0.529. The zero-order chi connectivity index (χ0) is 19.4. The summed E-state index contributed by atoms with van der Waals surface area (Å²) in [4.78, 5) is 6.54. The number of piperazine rings is 1. The normalized spacial score (nSPS) is 16.7. The number of aromatic nitrogens is 2. The Bertz CT molecular complexity index is 880. The first-order chi connectivity index (χ1) is 12.9. The second-order valence-electron chi connectivity index (χ2n) is 6.46. The Kier molecular flexibility index (Phi) is 6.75. The highest BCUT2D eigenvalue weighted by atomic mass is 35.5. The van der Waals surface area contributed by atoms with Gasteiger partial charge in [0.25, 0.3) is 0 Å². The van der Waals surface area contributed by atoms with Gasteiger partial charge < -0.3 is 4.52 Å². The zero-order valence-corrected chi connectivity index (χ0v) is 17.4. The summed E-state index contributed by atoms with van der Waals surface area (Å²) in [7, 11) is -3.68. The molecule has 0 aliphatic carbocycles. The Morgan fingerprint density at radius 1 is 1.19 bits per heavy atom. The number of sulfonamides is 1. The molecular formula is C17H22Cl2N4O3S. The van der Waals surface area contributed by atoms with Crippen molar-refractivity contribution in [3.05, 3.63) is 40.0 Å². The summed E-state index contributed by atoms with van der Waals surface area (Å²) in [5.41, 5.74) is 0. The monoisotopic (exact) mass is 432 g/mol. The molecule has 0 N–H and O–H groups in total. The van der Waals surface area contributed by atoms with Crippen molar-refractivity contribution in [2.45, 2.75) is 37.6 Å². The van der Waals surface area contributed by atoms with E-state index >= 15 is 0 Å². The van der Waals surface area contributed by atoms with Crippen molar-refractivity contribution < 1.29 is 12.9 Å². The highest BCUT2D eigenvalue weighted by Gasteiger charge is 2.30. The van der Waals surface area contributed by atoms with E-state index in [1.165, 1.54) is 16.4 Å². The molecule has 1 aromatic carbocycles. The van der Waals surface area contributed by atoms with Crippen molar-refractivity contribution in [2.75, 3.05) is 26.2 Å². The van der Waals surface area contributed by atoms with Gasteiger partial charge in [0.2, 0.25) is 15.9 Å². The average Bonchev–Trinajstić information content (AvgIpc) is 3.09. The van der Waals surface area contributed by atoms with Crippen LogP contribution in [-0.2, 0) is 23.0 Å². The van der Waals surface area contributed by atoms with Crippen LogP contribution >= 0.6 is 23.2 Å². The Morgan fingerprint density at radius 2 is 1.93 bits per heavy atom. The van der Waals surface area contributed by atoms with Crippen molar-refractivity contribution in [2.24, 2.45) is 0 Å². The highest BCUT2D eigenvalue weighted by Crippen LogP contribution is 2.28. The quantitative estimate of drug-likeness (QED) is 0.667. The number of unbranched alkanes of at least 4 members (excludes halogenated alkanes) is 1. The molecule has 148 valence electrons. The number of benzene rings is 1. The van der Waals surface area contributed by atoms with E-state index in [4.69, 9.17) is 27.7 Å². The molecule has 0 radical (unpaired) electrons. The molecule has 1 aliphatic heterocycles. The summed E-state index contributed by atoms with van der Waals surface area (Å²) >= 11 is 12.0. The van der Waals surface area contributed by atoms with E-state index in [2.05, 4.69) is 22.0 Å². The molecule has 0 bridgehead atoms. The van der Waals surface area contributed by atoms with Crippen LogP contribution in [0.5, 0.6) is 0 Å². The van der Waals surface area contributed by atoms with Gasteiger partial charge in [0.1, 0.15) is 4.90 Å². The van der Waals surface area contributed by atoms with Crippen molar-refractivity contribution in [1.82, 2.24) is 19.3 Å². The molecule has 1 saturated heterocycles. The predicted octanol–water partition coefficient (Wildman–Crippen LogP) is 3.23.